The summed E-state index contributed by atoms with van der Waals surface area (Å²) in [6.07, 6.45) is 0. The van der Waals surface area contributed by atoms with Crippen molar-refractivity contribution in [3.8, 4) is 0 Å². The predicted molar refractivity (Wildman–Crippen MR) is 89.6 cm³/mol. The van der Waals surface area contributed by atoms with Crippen LogP contribution in [0.1, 0.15) is 76.2 Å². The van der Waals surface area contributed by atoms with Gasteiger partial charge in [-0.15, -0.1) is 11.6 Å². The molecule has 0 aromatic carbocycles. The molecule has 0 aliphatic heterocycles. The van der Waals surface area contributed by atoms with E-state index in [-0.39, 0.29) is 44.3 Å². The Balaban J connectivity index is 0. The van der Waals surface area contributed by atoms with Crippen LogP contribution >= 0.6 is 19.5 Å². The summed E-state index contributed by atoms with van der Waals surface area (Å²) in [5, 5.41) is 0.978. The molecule has 0 fully saturated rings. The third-order valence-corrected chi connectivity index (χ3v) is 8.74. The van der Waals surface area contributed by atoms with Crippen LogP contribution in [-0.4, -0.2) is 20.8 Å². The molecule has 0 aromatic heterocycles. The van der Waals surface area contributed by atoms with Crippen molar-refractivity contribution in [2.45, 2.75) is 97.0 Å². The van der Waals surface area contributed by atoms with Crippen molar-refractivity contribution in [1.82, 2.24) is 0 Å². The molecule has 0 aliphatic carbocycles. The summed E-state index contributed by atoms with van der Waals surface area (Å²) in [6, 6.07) is 0. The average molecular weight is 399 g/mol. The minimum atomic E-state index is -0.222. The Morgan fingerprint density at radius 2 is 0.947 bits per heavy atom. The minimum absolute atomic E-state index is 0. The second kappa shape index (κ2) is 6.65. The van der Waals surface area contributed by atoms with Gasteiger partial charge >= 0.3 is 20.4 Å². The van der Waals surface area contributed by atoms with Gasteiger partial charge in [0, 0.05) is 10.5 Å². The molecule has 3 heteroatoms. The standard InChI is InChI=1S/C16H34ClP.Pd/c1-13(2,3)12(17)16(10,11)18(14(4,5)6)15(7,8)9;/h12H,1-11H3;/q;+2. The molecule has 0 amide bonds. The fraction of sp³-hybridized carbons (Fsp3) is 1.00. The van der Waals surface area contributed by atoms with Gasteiger partial charge in [-0.3, -0.25) is 0 Å². The topological polar surface area (TPSA) is 0 Å². The van der Waals surface area contributed by atoms with Crippen molar-refractivity contribution >= 4 is 19.5 Å². The molecule has 0 radical (unpaired) electrons. The second-order valence-electron chi connectivity index (χ2n) is 9.06. The minimum Gasteiger partial charge on any atom is -0.121 e. The summed E-state index contributed by atoms with van der Waals surface area (Å²) in [6.45, 7) is 25.7. The van der Waals surface area contributed by atoms with Gasteiger partial charge in [0.2, 0.25) is 0 Å². The third-order valence-electron chi connectivity index (χ3n) is 3.30. The molecule has 19 heavy (non-hydrogen) atoms. The average Bonchev–Trinajstić information content (AvgIpc) is 1.93. The molecule has 0 rings (SSSR count). The van der Waals surface area contributed by atoms with Crippen molar-refractivity contribution in [3.05, 3.63) is 0 Å². The van der Waals surface area contributed by atoms with Crippen LogP contribution in [0.4, 0.5) is 0 Å². The van der Waals surface area contributed by atoms with E-state index in [1.54, 1.807) is 0 Å². The third kappa shape index (κ3) is 5.95. The van der Waals surface area contributed by atoms with E-state index in [0.29, 0.717) is 10.3 Å². The largest absolute Gasteiger partial charge is 2.00 e. The van der Waals surface area contributed by atoms with Gasteiger partial charge in [-0.05, 0) is 15.7 Å². The van der Waals surface area contributed by atoms with E-state index in [1.165, 1.54) is 0 Å². The Labute approximate surface area is 142 Å². The van der Waals surface area contributed by atoms with Gasteiger partial charge in [0.15, 0.2) is 0 Å². The van der Waals surface area contributed by atoms with Crippen molar-refractivity contribution in [3.63, 3.8) is 0 Å². The summed E-state index contributed by atoms with van der Waals surface area (Å²) >= 11 is 6.87. The molecule has 118 valence electrons. The van der Waals surface area contributed by atoms with E-state index in [0.717, 1.165) is 0 Å². The Morgan fingerprint density at radius 3 is 1.11 bits per heavy atom. The molecular formula is C16H34ClPPd+2. The van der Waals surface area contributed by atoms with Crippen molar-refractivity contribution < 1.29 is 20.4 Å². The summed E-state index contributed by atoms with van der Waals surface area (Å²) in [5.41, 5.74) is 0.141. The van der Waals surface area contributed by atoms with E-state index in [9.17, 15) is 0 Å². The molecular weight excluding hydrogens is 365 g/mol. The molecule has 0 nitrogen and oxygen atoms in total. The molecule has 0 bridgehead atoms. The summed E-state index contributed by atoms with van der Waals surface area (Å²) < 4.78 is 0. The number of alkyl halides is 1. The van der Waals surface area contributed by atoms with Crippen LogP contribution in [0.25, 0.3) is 0 Å². The van der Waals surface area contributed by atoms with Crippen LogP contribution in [0.2, 0.25) is 0 Å². The molecule has 0 aromatic rings. The van der Waals surface area contributed by atoms with Crippen molar-refractivity contribution in [2.24, 2.45) is 5.41 Å². The first-order valence-electron chi connectivity index (χ1n) is 6.97. The Bertz CT molecular complexity index is 265. The fourth-order valence-electron chi connectivity index (χ4n) is 3.91. The van der Waals surface area contributed by atoms with E-state index in [2.05, 4.69) is 76.2 Å². The first-order chi connectivity index (χ1) is 7.52. The zero-order valence-corrected chi connectivity index (χ0v) is 17.9. The molecule has 0 spiro atoms. The smallest absolute Gasteiger partial charge is 0.121 e. The van der Waals surface area contributed by atoms with E-state index in [1.807, 2.05) is 0 Å². The van der Waals surface area contributed by atoms with Gasteiger partial charge in [-0.25, -0.2) is 0 Å². The van der Waals surface area contributed by atoms with Gasteiger partial charge in [0.1, 0.15) is 0 Å². The Kier molecular flexibility index (Phi) is 7.93. The quantitative estimate of drug-likeness (QED) is 0.283. The second-order valence-corrected chi connectivity index (χ2v) is 14.0. The van der Waals surface area contributed by atoms with Gasteiger partial charge < -0.3 is 0 Å². The number of rotatable bonds is 2. The molecule has 0 aliphatic rings. The van der Waals surface area contributed by atoms with Gasteiger partial charge in [0.25, 0.3) is 0 Å². The van der Waals surface area contributed by atoms with Gasteiger partial charge in [-0.2, -0.15) is 0 Å². The van der Waals surface area contributed by atoms with Crippen molar-refractivity contribution in [2.75, 3.05) is 0 Å². The van der Waals surface area contributed by atoms with Crippen LogP contribution in [0.15, 0.2) is 0 Å². The molecule has 0 saturated carbocycles. The normalized spacial score (nSPS) is 16.3. The van der Waals surface area contributed by atoms with Crippen LogP contribution in [0.5, 0.6) is 0 Å². The van der Waals surface area contributed by atoms with E-state index >= 15 is 0 Å². The zero-order chi connectivity index (χ0) is 15.2. The summed E-state index contributed by atoms with van der Waals surface area (Å²) in [5.74, 6) is 0. The van der Waals surface area contributed by atoms with Crippen LogP contribution < -0.4 is 0 Å². The van der Waals surface area contributed by atoms with E-state index in [4.69, 9.17) is 11.6 Å². The molecule has 0 saturated heterocycles. The Hall–Kier alpha value is 1.38. The first kappa shape index (κ1) is 22.7. The van der Waals surface area contributed by atoms with Crippen molar-refractivity contribution in [1.29, 1.82) is 0 Å². The maximum atomic E-state index is 6.87. The zero-order valence-electron chi connectivity index (χ0n) is 14.7. The number of hydrogen-bond acceptors (Lipinski definition) is 0. The SMILES string of the molecule is CC(C)(C)C(Cl)C(C)(C)P(C(C)(C)C)C(C)(C)C.[Pd+2]. The van der Waals surface area contributed by atoms with Crippen LogP contribution in [0, 0.1) is 5.41 Å². The fourth-order valence-corrected chi connectivity index (χ4v) is 10.3. The first-order valence-corrected chi connectivity index (χ1v) is 8.74. The van der Waals surface area contributed by atoms with Crippen LogP contribution in [0.3, 0.4) is 0 Å². The van der Waals surface area contributed by atoms with Gasteiger partial charge in [-0.1, -0.05) is 84.1 Å². The molecule has 0 N–H and O–H groups in total. The molecule has 1 atom stereocenters. The number of halogens is 1. The monoisotopic (exact) mass is 398 g/mol. The van der Waals surface area contributed by atoms with E-state index < -0.39 is 0 Å². The number of hydrogen-bond donors (Lipinski definition) is 0. The summed E-state index contributed by atoms with van der Waals surface area (Å²) in [4.78, 5) is 0. The van der Waals surface area contributed by atoms with Gasteiger partial charge in [0.05, 0.1) is 0 Å². The van der Waals surface area contributed by atoms with Crippen LogP contribution in [-0.2, 0) is 20.4 Å². The Morgan fingerprint density at radius 1 is 0.684 bits per heavy atom. The predicted octanol–water partition coefficient (Wildman–Crippen LogP) is 6.49. The summed E-state index contributed by atoms with van der Waals surface area (Å²) in [7, 11) is -0.222. The maximum Gasteiger partial charge on any atom is 2.00 e. The maximum absolute atomic E-state index is 6.87. The molecule has 0 heterocycles. The molecule has 1 unspecified atom stereocenters.